The number of rotatable bonds is 3. The lowest BCUT2D eigenvalue weighted by Crippen LogP contribution is -2.29. The first-order chi connectivity index (χ1) is 15.2. The molecule has 3 aromatic carbocycles. The quantitative estimate of drug-likeness (QED) is 0.299. The highest BCUT2D eigenvalue weighted by Crippen LogP contribution is 2.43. The molecule has 0 radical (unpaired) electrons. The van der Waals surface area contributed by atoms with Gasteiger partial charge in [-0.3, -0.25) is 14.5 Å². The van der Waals surface area contributed by atoms with E-state index in [0.717, 1.165) is 23.1 Å². The maximum Gasteiger partial charge on any atom is 0.416 e. The Morgan fingerprint density at radius 1 is 0.906 bits per heavy atom. The number of benzene rings is 3. The van der Waals surface area contributed by atoms with Gasteiger partial charge in [-0.25, -0.2) is 0 Å². The van der Waals surface area contributed by atoms with Crippen LogP contribution in [-0.2, 0) is 15.8 Å². The fourth-order valence-electron chi connectivity index (χ4n) is 3.64. The molecule has 0 aliphatic carbocycles. The molecule has 1 aliphatic heterocycles. The second-order valence-corrected chi connectivity index (χ2v) is 7.57. The predicted octanol–water partition coefficient (Wildman–Crippen LogP) is 5.99. The van der Waals surface area contributed by atoms with Crippen molar-refractivity contribution in [2.75, 3.05) is 4.90 Å². The highest BCUT2D eigenvalue weighted by Gasteiger charge is 2.47. The highest BCUT2D eigenvalue weighted by atomic mass is 35.5. The lowest BCUT2D eigenvalue weighted by Gasteiger charge is -2.26. The molecule has 8 heteroatoms. The number of Topliss-reactive ketones (excluding diaryl/α,β-unsaturated/α-hetero) is 1. The topological polar surface area (TPSA) is 57.6 Å². The summed E-state index contributed by atoms with van der Waals surface area (Å²) < 4.78 is 39.9. The molecular formula is C24H15ClF3NO3. The first kappa shape index (κ1) is 21.6. The fraction of sp³-hybridized carbons (Fsp3) is 0.0833. The van der Waals surface area contributed by atoms with Crippen LogP contribution >= 0.6 is 11.6 Å². The standard InChI is InChI=1S/C24H15ClF3NO3/c25-17-11-9-14(10-12-17)20-19(21(30)15-5-2-1-3-6-15)22(31)23(32)29(20)18-8-4-7-16(13-18)24(26,27)28/h1-13,20,30H/b21-19+/t20-/m0/s1. The zero-order valence-electron chi connectivity index (χ0n) is 16.3. The van der Waals surface area contributed by atoms with Gasteiger partial charge in [-0.15, -0.1) is 0 Å². The van der Waals surface area contributed by atoms with E-state index >= 15 is 0 Å². The second kappa shape index (κ2) is 8.16. The van der Waals surface area contributed by atoms with Crippen molar-refractivity contribution in [2.24, 2.45) is 0 Å². The van der Waals surface area contributed by atoms with Gasteiger partial charge in [0.1, 0.15) is 5.76 Å². The number of aliphatic hydroxyl groups is 1. The SMILES string of the molecule is O=C1C(=O)N(c2cccc(C(F)(F)F)c2)[C@@H](c2ccc(Cl)cc2)/C1=C(\O)c1ccccc1. The van der Waals surface area contributed by atoms with Gasteiger partial charge in [0, 0.05) is 16.3 Å². The van der Waals surface area contributed by atoms with Crippen molar-refractivity contribution in [3.8, 4) is 0 Å². The minimum absolute atomic E-state index is 0.117. The fourth-order valence-corrected chi connectivity index (χ4v) is 3.77. The van der Waals surface area contributed by atoms with Crippen LogP contribution in [0.4, 0.5) is 18.9 Å². The Hall–Kier alpha value is -3.58. The molecule has 1 atom stereocenters. The molecule has 0 bridgehead atoms. The number of amides is 1. The van der Waals surface area contributed by atoms with Gasteiger partial charge in [-0.2, -0.15) is 13.2 Å². The van der Waals surface area contributed by atoms with Gasteiger partial charge in [0.2, 0.25) is 0 Å². The van der Waals surface area contributed by atoms with Crippen LogP contribution in [0.1, 0.15) is 22.7 Å². The third kappa shape index (κ3) is 3.87. The number of carbonyl (C=O) groups excluding carboxylic acids is 2. The van der Waals surface area contributed by atoms with Crippen LogP contribution in [0.3, 0.4) is 0 Å². The number of alkyl halides is 3. The molecule has 1 heterocycles. The van der Waals surface area contributed by atoms with Gasteiger partial charge in [0.05, 0.1) is 17.2 Å². The van der Waals surface area contributed by atoms with E-state index in [4.69, 9.17) is 11.6 Å². The molecule has 32 heavy (non-hydrogen) atoms. The summed E-state index contributed by atoms with van der Waals surface area (Å²) in [6.45, 7) is 0. The molecule has 1 amide bonds. The normalized spacial score (nSPS) is 18.2. The van der Waals surface area contributed by atoms with E-state index in [1.807, 2.05) is 0 Å². The molecule has 3 aromatic rings. The number of hydrogen-bond acceptors (Lipinski definition) is 3. The Morgan fingerprint density at radius 3 is 2.19 bits per heavy atom. The van der Waals surface area contributed by atoms with Crippen molar-refractivity contribution in [3.63, 3.8) is 0 Å². The largest absolute Gasteiger partial charge is 0.507 e. The van der Waals surface area contributed by atoms with Crippen LogP contribution < -0.4 is 4.90 Å². The lowest BCUT2D eigenvalue weighted by atomic mass is 9.95. The van der Waals surface area contributed by atoms with Crippen molar-refractivity contribution in [1.29, 1.82) is 0 Å². The summed E-state index contributed by atoms with van der Waals surface area (Å²) in [5.74, 6) is -2.45. The summed E-state index contributed by atoms with van der Waals surface area (Å²) in [6.07, 6.45) is -4.64. The zero-order chi connectivity index (χ0) is 23.0. The Bertz CT molecular complexity index is 1220. The van der Waals surface area contributed by atoms with Gasteiger partial charge >= 0.3 is 6.18 Å². The van der Waals surface area contributed by atoms with E-state index in [1.54, 1.807) is 42.5 Å². The molecule has 0 saturated carbocycles. The van der Waals surface area contributed by atoms with Gasteiger partial charge in [0.25, 0.3) is 11.7 Å². The summed E-state index contributed by atoms with van der Waals surface area (Å²) in [4.78, 5) is 26.9. The second-order valence-electron chi connectivity index (χ2n) is 7.13. The molecule has 0 aromatic heterocycles. The van der Waals surface area contributed by atoms with E-state index in [2.05, 4.69) is 0 Å². The van der Waals surface area contributed by atoms with Gasteiger partial charge < -0.3 is 5.11 Å². The Balaban J connectivity index is 1.94. The first-order valence-electron chi connectivity index (χ1n) is 9.47. The van der Waals surface area contributed by atoms with E-state index in [9.17, 15) is 27.9 Å². The average Bonchev–Trinajstić information content (AvgIpc) is 3.04. The van der Waals surface area contributed by atoms with Crippen LogP contribution in [0, 0.1) is 0 Å². The van der Waals surface area contributed by atoms with Crippen LogP contribution in [-0.4, -0.2) is 16.8 Å². The summed E-state index contributed by atoms with van der Waals surface area (Å²) in [5.41, 5.74) is -0.596. The molecular weight excluding hydrogens is 443 g/mol. The number of carbonyl (C=O) groups is 2. The number of hydrogen-bond donors (Lipinski definition) is 1. The van der Waals surface area contributed by atoms with Crippen LogP contribution in [0.25, 0.3) is 5.76 Å². The average molecular weight is 458 g/mol. The van der Waals surface area contributed by atoms with Crippen LogP contribution in [0.15, 0.2) is 84.4 Å². The molecule has 4 nitrogen and oxygen atoms in total. The summed E-state index contributed by atoms with van der Waals surface area (Å²) >= 11 is 5.96. The Morgan fingerprint density at radius 2 is 1.56 bits per heavy atom. The zero-order valence-corrected chi connectivity index (χ0v) is 17.1. The summed E-state index contributed by atoms with van der Waals surface area (Å²) in [5, 5.41) is 11.3. The third-order valence-corrected chi connectivity index (χ3v) is 5.38. The molecule has 0 unspecified atom stereocenters. The Kier molecular flexibility index (Phi) is 5.52. The summed E-state index contributed by atoms with van der Waals surface area (Å²) in [7, 11) is 0. The van der Waals surface area contributed by atoms with Gasteiger partial charge in [-0.1, -0.05) is 60.1 Å². The molecule has 4 rings (SSSR count). The maximum absolute atomic E-state index is 13.3. The summed E-state index contributed by atoms with van der Waals surface area (Å²) in [6, 6.07) is 17.3. The minimum Gasteiger partial charge on any atom is -0.507 e. The van der Waals surface area contributed by atoms with Crippen molar-refractivity contribution >= 4 is 34.7 Å². The molecule has 1 saturated heterocycles. The van der Waals surface area contributed by atoms with E-state index in [0.29, 0.717) is 16.1 Å². The van der Waals surface area contributed by atoms with Crippen molar-refractivity contribution in [2.45, 2.75) is 12.2 Å². The maximum atomic E-state index is 13.3. The third-order valence-electron chi connectivity index (χ3n) is 5.13. The van der Waals surface area contributed by atoms with Crippen LogP contribution in [0.2, 0.25) is 5.02 Å². The molecule has 1 aliphatic rings. The van der Waals surface area contributed by atoms with E-state index in [-0.39, 0.29) is 11.3 Å². The van der Waals surface area contributed by atoms with E-state index in [1.165, 1.54) is 18.2 Å². The van der Waals surface area contributed by atoms with Crippen molar-refractivity contribution in [3.05, 3.63) is 106 Å². The minimum atomic E-state index is -4.64. The number of ketones is 1. The number of anilines is 1. The first-order valence-corrected chi connectivity index (χ1v) is 9.85. The smallest absolute Gasteiger partial charge is 0.416 e. The van der Waals surface area contributed by atoms with E-state index < -0.39 is 35.2 Å². The monoisotopic (exact) mass is 457 g/mol. The van der Waals surface area contributed by atoms with Gasteiger partial charge in [0.15, 0.2) is 0 Å². The number of aliphatic hydroxyl groups excluding tert-OH is 1. The van der Waals surface area contributed by atoms with Crippen molar-refractivity contribution < 1.29 is 27.9 Å². The highest BCUT2D eigenvalue weighted by molar-refractivity contribution is 6.51. The molecule has 1 N–H and O–H groups in total. The molecule has 0 spiro atoms. The Labute approximate surface area is 186 Å². The van der Waals surface area contributed by atoms with Crippen LogP contribution in [0.5, 0.6) is 0 Å². The number of nitrogens with zero attached hydrogens (tertiary/aromatic N) is 1. The predicted molar refractivity (Wildman–Crippen MR) is 114 cm³/mol. The van der Waals surface area contributed by atoms with Crippen molar-refractivity contribution in [1.82, 2.24) is 0 Å². The number of halogens is 4. The van der Waals surface area contributed by atoms with Gasteiger partial charge in [-0.05, 0) is 35.9 Å². The molecule has 162 valence electrons. The molecule has 1 fully saturated rings. The lowest BCUT2D eigenvalue weighted by molar-refractivity contribution is -0.137.